The van der Waals surface area contributed by atoms with Gasteiger partial charge in [-0.3, -0.25) is 9.59 Å². The third-order valence-corrected chi connectivity index (χ3v) is 16.6. The summed E-state index contributed by atoms with van der Waals surface area (Å²) in [4.78, 5) is 36.4. The van der Waals surface area contributed by atoms with E-state index in [9.17, 15) is 14.4 Å². The number of hydrogen-bond acceptors (Lipinski definition) is 20. The minimum Gasteiger partial charge on any atom is -0.489 e. The monoisotopic (exact) mass is 1470 g/mol. The van der Waals surface area contributed by atoms with Gasteiger partial charge in [-0.25, -0.2) is 28.2 Å². The molecule has 10 aromatic carbocycles. The number of ether oxygens (including phenoxy) is 2. The summed E-state index contributed by atoms with van der Waals surface area (Å²) in [6.07, 6.45) is 0.974. The Kier molecular flexibility index (Phi) is 26.0. The summed E-state index contributed by atoms with van der Waals surface area (Å²) in [5, 5.41) is 68.6. The van der Waals surface area contributed by atoms with Crippen molar-refractivity contribution in [3.63, 3.8) is 0 Å². The van der Waals surface area contributed by atoms with E-state index >= 15 is 0 Å². The van der Waals surface area contributed by atoms with Gasteiger partial charge in [0.1, 0.15) is 24.2 Å². The van der Waals surface area contributed by atoms with Crippen LogP contribution in [0.1, 0.15) is 62.4 Å². The molecule has 4 N–H and O–H groups in total. The predicted molar refractivity (Wildman–Crippen MR) is 414 cm³/mol. The fourth-order valence-corrected chi connectivity index (χ4v) is 10.8. The average Bonchev–Trinajstić information content (AvgIpc) is 1.85. The number of hydrogen-bond donors (Lipinski definition) is 4. The highest BCUT2D eigenvalue weighted by molar-refractivity contribution is 6.34. The van der Waals surface area contributed by atoms with Gasteiger partial charge in [0, 0.05) is 91.2 Å². The van der Waals surface area contributed by atoms with Crippen LogP contribution >= 0.6 is 11.6 Å². The molecule has 0 bridgehead atoms. The van der Waals surface area contributed by atoms with E-state index in [0.717, 1.165) is 85.5 Å². The predicted octanol–water partition coefficient (Wildman–Crippen LogP) is 13.9. The third-order valence-electron chi connectivity index (χ3n) is 16.3. The molecule has 5 heterocycles. The van der Waals surface area contributed by atoms with Crippen LogP contribution in [0.25, 0.3) is 56.9 Å². The van der Waals surface area contributed by atoms with E-state index in [2.05, 4.69) is 118 Å². The number of para-hydroxylation sites is 1. The van der Waals surface area contributed by atoms with Crippen molar-refractivity contribution in [2.45, 2.75) is 39.9 Å². The number of carbonyl (C=O) groups is 3. The molecule has 1 unspecified atom stereocenters. The Bertz CT molecular complexity index is 5370. The number of carbonyl (C=O) groups excluding carboxylic acids is 3. The number of urea groups is 1. The Labute approximate surface area is 631 Å². The summed E-state index contributed by atoms with van der Waals surface area (Å²) in [6, 6.07) is 79.6. The molecule has 29 nitrogen and oxygen atoms in total. The number of nitrogens with zero attached hydrogens (tertiary/aromatic N) is 20. The van der Waals surface area contributed by atoms with Crippen molar-refractivity contribution in [1.29, 1.82) is 0 Å². The molecule has 1 atom stereocenters. The highest BCUT2D eigenvalue weighted by atomic mass is 35.5. The largest absolute Gasteiger partial charge is 0.489 e. The summed E-state index contributed by atoms with van der Waals surface area (Å²) >= 11 is 6.13. The lowest BCUT2D eigenvalue weighted by Gasteiger charge is -2.18. The Balaban J connectivity index is 0.000000135. The fourth-order valence-electron chi connectivity index (χ4n) is 10.5. The van der Waals surface area contributed by atoms with E-state index in [-0.39, 0.29) is 23.9 Å². The van der Waals surface area contributed by atoms with Gasteiger partial charge >= 0.3 is 6.03 Å². The number of rotatable bonds is 18. The summed E-state index contributed by atoms with van der Waals surface area (Å²) < 4.78 is 19.9. The Hall–Kier alpha value is -14.4. The van der Waals surface area contributed by atoms with Crippen molar-refractivity contribution >= 4 is 52.2 Å². The summed E-state index contributed by atoms with van der Waals surface area (Å²) in [5.74, 6) is 4.73. The number of anilines is 4. The average molecular weight is 1480 g/mol. The molecule has 0 aliphatic heterocycles. The van der Waals surface area contributed by atoms with Crippen LogP contribution < -0.4 is 30.7 Å². The number of benzene rings is 10. The van der Waals surface area contributed by atoms with Crippen molar-refractivity contribution in [3.8, 4) is 68.4 Å². The van der Waals surface area contributed by atoms with Crippen LogP contribution in [-0.4, -0.2) is 119 Å². The molecule has 5 aromatic heterocycles. The molecule has 0 saturated carbocycles. The van der Waals surface area contributed by atoms with Crippen molar-refractivity contribution in [3.05, 3.63) is 293 Å². The van der Waals surface area contributed by atoms with Crippen LogP contribution in [0.4, 0.5) is 27.5 Å². The lowest BCUT2D eigenvalue weighted by Crippen LogP contribution is -2.19. The van der Waals surface area contributed by atoms with Gasteiger partial charge < -0.3 is 30.7 Å². The van der Waals surface area contributed by atoms with Gasteiger partial charge in [-0.15, -0.1) is 25.5 Å². The Morgan fingerprint density at radius 1 is 0.385 bits per heavy atom. The van der Waals surface area contributed by atoms with Crippen LogP contribution in [0, 0.1) is 13.8 Å². The van der Waals surface area contributed by atoms with E-state index in [1.54, 1.807) is 105 Å². The highest BCUT2D eigenvalue weighted by Crippen LogP contribution is 2.29. The molecule has 4 amide bonds. The number of nitrogens with one attached hydrogen (secondary N) is 4. The van der Waals surface area contributed by atoms with E-state index in [0.29, 0.717) is 51.6 Å². The zero-order chi connectivity index (χ0) is 76.4. The quantitative estimate of drug-likeness (QED) is 0.0620. The highest BCUT2D eigenvalue weighted by Gasteiger charge is 2.16. The minimum absolute atomic E-state index is 0.0588. The molecule has 109 heavy (non-hydrogen) atoms. The van der Waals surface area contributed by atoms with Crippen molar-refractivity contribution < 1.29 is 23.9 Å². The van der Waals surface area contributed by atoms with Crippen LogP contribution in [0.15, 0.2) is 255 Å². The van der Waals surface area contributed by atoms with Gasteiger partial charge in [0.15, 0.2) is 29.1 Å². The van der Waals surface area contributed by atoms with Gasteiger partial charge in [0.2, 0.25) is 0 Å². The number of amides is 4. The third kappa shape index (κ3) is 21.4. The smallest absolute Gasteiger partial charge is 0.323 e. The molecule has 15 rings (SSSR count). The Morgan fingerprint density at radius 3 is 1.14 bits per heavy atom. The first-order valence-corrected chi connectivity index (χ1v) is 34.5. The van der Waals surface area contributed by atoms with E-state index < -0.39 is 0 Å². The molecule has 0 saturated heterocycles. The van der Waals surface area contributed by atoms with Crippen LogP contribution in [-0.2, 0) is 41.8 Å². The fraction of sp³-hybridized carbons (Fsp3) is 0.139. The van der Waals surface area contributed by atoms with Crippen molar-refractivity contribution in [1.82, 2.24) is 101 Å². The first-order chi connectivity index (χ1) is 53.0. The Morgan fingerprint density at radius 2 is 0.734 bits per heavy atom. The van der Waals surface area contributed by atoms with Crippen molar-refractivity contribution in [2.75, 3.05) is 21.3 Å². The van der Waals surface area contributed by atoms with E-state index in [1.165, 1.54) is 5.56 Å². The number of tetrazole rings is 5. The van der Waals surface area contributed by atoms with Gasteiger partial charge in [0.25, 0.3) is 11.8 Å². The molecule has 0 radical (unpaired) electrons. The maximum absolute atomic E-state index is 12.3. The van der Waals surface area contributed by atoms with E-state index in [4.69, 9.17) is 21.1 Å². The maximum atomic E-state index is 12.3. The summed E-state index contributed by atoms with van der Waals surface area (Å²) in [6.45, 7) is 6.63. The van der Waals surface area contributed by atoms with Crippen molar-refractivity contribution in [2.24, 2.45) is 35.2 Å². The lowest BCUT2D eigenvalue weighted by molar-refractivity contribution is 0.101. The van der Waals surface area contributed by atoms with E-state index in [1.807, 2.05) is 210 Å². The molecule has 0 aliphatic rings. The zero-order valence-electron chi connectivity index (χ0n) is 60.6. The SMILES string of the molecule is CCC(Oc1ccc(-c2nnnn2C)cc1)c1ccccc1.Cc1ccc(NC(=O)c2ccc(-c3nnnn3C)cc2)c(Cl)c1.Cc1ccc(NC(=O)c2ccc(-c3nnnn3C)cc2)cc1.Cn1nnnc1-c1ccc(NC(=O)Nc2ccccc2)cc1.Cn1nnnc1-c1ccc(OCc2ccccc2)cc1. The van der Waals surface area contributed by atoms with Crippen LogP contribution in [0.3, 0.4) is 0 Å². The summed E-state index contributed by atoms with van der Waals surface area (Å²) in [7, 11) is 8.94. The maximum Gasteiger partial charge on any atom is 0.323 e. The molecule has 0 aliphatic carbocycles. The lowest BCUT2D eigenvalue weighted by atomic mass is 10.1. The topological polar surface area (TPSA) is 336 Å². The van der Waals surface area contributed by atoms with Gasteiger partial charge in [0.05, 0.1) is 10.7 Å². The summed E-state index contributed by atoms with van der Waals surface area (Å²) in [5.41, 5.74) is 12.9. The molecule has 30 heteroatoms. The minimum atomic E-state index is -0.292. The molecule has 0 spiro atoms. The van der Waals surface area contributed by atoms with Gasteiger partial charge in [-0.2, -0.15) is 0 Å². The normalized spacial score (nSPS) is 10.8. The zero-order valence-corrected chi connectivity index (χ0v) is 61.4. The molecule has 548 valence electrons. The van der Waals surface area contributed by atoms with Gasteiger partial charge in [-0.1, -0.05) is 145 Å². The number of aromatic nitrogens is 20. The molecule has 15 aromatic rings. The number of halogens is 1. The van der Waals surface area contributed by atoms with Crippen LogP contribution in [0.2, 0.25) is 5.02 Å². The molecular weight excluding hydrogens is 1400 g/mol. The van der Waals surface area contributed by atoms with Crippen LogP contribution in [0.5, 0.6) is 11.5 Å². The second-order valence-electron chi connectivity index (χ2n) is 24.3. The second kappa shape index (κ2) is 37.4. The first kappa shape index (κ1) is 75.8. The second-order valence-corrected chi connectivity index (χ2v) is 24.7. The van der Waals surface area contributed by atoms with Gasteiger partial charge in [-0.05, 0) is 223 Å². The standard InChI is InChI=1S/C17H18N4O.C16H14ClN5O.C16H15N5O.C15H14N6O.C15H14N4O/c1-3-16(13-7-5-4-6-8-13)22-15-11-9-14(10-12-15)17-18-19-20-21(17)2;1-10-3-8-14(13(17)9-10)18-16(23)12-6-4-11(5-7-12)15-19-20-21-22(15)2;1-11-3-9-14(10-4-11)17-16(22)13-7-5-12(6-8-13)15-18-19-20-21(15)2;1-21-14(18-19-20-21)11-7-9-13(10-8-11)17-15(22)16-12-5-3-2-4-6-12;1-19-15(16-17-18-19)13-7-9-14(10-8-13)20-11-12-5-3-2-4-6-12/h4-12,16H,3H2,1-2H3;3-9H,1-2H3,(H,18,23);3-10H,1-2H3,(H,17,22);2-10H,1H3,(H2,16,17,22);2-10H,11H2,1H3. The first-order valence-electron chi connectivity index (χ1n) is 34.1. The number of aryl methyl sites for hydroxylation is 7. The molecular formula is C79H75ClN24O5. The molecule has 0 fully saturated rings.